The molecule has 68 valence electrons. The summed E-state index contributed by atoms with van der Waals surface area (Å²) in [6.07, 6.45) is 1.22. The standard InChI is InChI=1S/C6H14ClNO2S/c1-6(5-7)8-3-4-11(2,9)10/h6,8H,3-5H2,1-2H3. The Morgan fingerprint density at radius 3 is 2.45 bits per heavy atom. The van der Waals surface area contributed by atoms with Gasteiger partial charge in [0, 0.05) is 24.7 Å². The molecule has 0 bridgehead atoms. The van der Waals surface area contributed by atoms with Gasteiger partial charge < -0.3 is 5.32 Å². The van der Waals surface area contributed by atoms with Crippen molar-refractivity contribution in [2.75, 3.05) is 24.4 Å². The van der Waals surface area contributed by atoms with Crippen molar-refractivity contribution in [3.63, 3.8) is 0 Å². The van der Waals surface area contributed by atoms with Crippen molar-refractivity contribution in [2.24, 2.45) is 0 Å². The number of hydrogen-bond donors (Lipinski definition) is 1. The van der Waals surface area contributed by atoms with Gasteiger partial charge in [-0.25, -0.2) is 8.42 Å². The molecule has 0 spiro atoms. The lowest BCUT2D eigenvalue weighted by Gasteiger charge is -2.08. The van der Waals surface area contributed by atoms with Crippen LogP contribution >= 0.6 is 11.6 Å². The van der Waals surface area contributed by atoms with Crippen LogP contribution in [-0.2, 0) is 9.84 Å². The fourth-order valence-electron chi connectivity index (χ4n) is 0.545. The smallest absolute Gasteiger partial charge is 0.148 e. The Hall–Kier alpha value is 0.200. The normalized spacial score (nSPS) is 14.8. The molecule has 11 heavy (non-hydrogen) atoms. The van der Waals surface area contributed by atoms with Gasteiger partial charge in [-0.2, -0.15) is 0 Å². The SMILES string of the molecule is CC(CCl)NCCS(C)(=O)=O. The first kappa shape index (κ1) is 11.2. The van der Waals surface area contributed by atoms with Crippen LogP contribution in [0.15, 0.2) is 0 Å². The summed E-state index contributed by atoms with van der Waals surface area (Å²) in [5.41, 5.74) is 0. The fourth-order valence-corrected chi connectivity index (χ4v) is 1.14. The monoisotopic (exact) mass is 199 g/mol. The molecule has 0 aliphatic carbocycles. The summed E-state index contributed by atoms with van der Waals surface area (Å²) in [6.45, 7) is 2.39. The van der Waals surface area contributed by atoms with Gasteiger partial charge in [0.2, 0.25) is 0 Å². The number of halogens is 1. The van der Waals surface area contributed by atoms with E-state index < -0.39 is 9.84 Å². The predicted molar refractivity (Wildman–Crippen MR) is 47.9 cm³/mol. The minimum absolute atomic E-state index is 0.175. The molecule has 1 N–H and O–H groups in total. The second-order valence-electron chi connectivity index (χ2n) is 2.64. The maximum atomic E-state index is 10.6. The molecule has 0 aromatic carbocycles. The minimum atomic E-state index is -2.83. The molecule has 0 heterocycles. The van der Waals surface area contributed by atoms with Crippen LogP contribution < -0.4 is 5.32 Å². The zero-order chi connectivity index (χ0) is 8.91. The molecule has 5 heteroatoms. The maximum absolute atomic E-state index is 10.6. The molecule has 1 atom stereocenters. The Bertz CT molecular complexity index is 191. The zero-order valence-electron chi connectivity index (χ0n) is 6.80. The van der Waals surface area contributed by atoms with E-state index in [2.05, 4.69) is 5.32 Å². The lowest BCUT2D eigenvalue weighted by molar-refractivity contribution is 0.584. The van der Waals surface area contributed by atoms with Gasteiger partial charge in [0.1, 0.15) is 9.84 Å². The molecule has 0 aromatic rings. The summed E-state index contributed by atoms with van der Waals surface area (Å²) in [5.74, 6) is 0.679. The Morgan fingerprint density at radius 2 is 2.09 bits per heavy atom. The quantitative estimate of drug-likeness (QED) is 0.646. The number of rotatable bonds is 5. The van der Waals surface area contributed by atoms with Crippen molar-refractivity contribution >= 4 is 21.4 Å². The van der Waals surface area contributed by atoms with Crippen LogP contribution in [0.1, 0.15) is 6.92 Å². The maximum Gasteiger partial charge on any atom is 0.148 e. The molecule has 0 aliphatic rings. The van der Waals surface area contributed by atoms with Crippen LogP contribution in [0.5, 0.6) is 0 Å². The van der Waals surface area contributed by atoms with Crippen LogP contribution in [0.2, 0.25) is 0 Å². The summed E-state index contributed by atoms with van der Waals surface area (Å²) in [5, 5.41) is 2.98. The second kappa shape index (κ2) is 4.95. The van der Waals surface area contributed by atoms with Gasteiger partial charge in [0.15, 0.2) is 0 Å². The summed E-state index contributed by atoms with van der Waals surface area (Å²) in [6, 6.07) is 0.179. The van der Waals surface area contributed by atoms with E-state index in [1.165, 1.54) is 6.26 Å². The molecule has 0 saturated heterocycles. The number of nitrogens with one attached hydrogen (secondary N) is 1. The molecule has 1 unspecified atom stereocenters. The zero-order valence-corrected chi connectivity index (χ0v) is 8.37. The Morgan fingerprint density at radius 1 is 1.55 bits per heavy atom. The molecule has 0 radical (unpaired) electrons. The third kappa shape index (κ3) is 8.10. The van der Waals surface area contributed by atoms with E-state index in [4.69, 9.17) is 11.6 Å². The Labute approximate surface area is 73.0 Å². The first-order chi connectivity index (χ1) is 4.95. The number of sulfone groups is 1. The van der Waals surface area contributed by atoms with Crippen molar-refractivity contribution in [2.45, 2.75) is 13.0 Å². The first-order valence-corrected chi connectivity index (χ1v) is 6.02. The Kier molecular flexibility index (Phi) is 5.04. The van der Waals surface area contributed by atoms with Crippen molar-refractivity contribution < 1.29 is 8.42 Å². The van der Waals surface area contributed by atoms with E-state index in [1.54, 1.807) is 0 Å². The average Bonchev–Trinajstić information content (AvgIpc) is 1.85. The summed E-state index contributed by atoms with van der Waals surface area (Å²) >= 11 is 5.49. The van der Waals surface area contributed by atoms with E-state index in [9.17, 15) is 8.42 Å². The van der Waals surface area contributed by atoms with Crippen molar-refractivity contribution in [1.29, 1.82) is 0 Å². The van der Waals surface area contributed by atoms with Crippen molar-refractivity contribution in [1.82, 2.24) is 5.32 Å². The van der Waals surface area contributed by atoms with Crippen LogP contribution in [0, 0.1) is 0 Å². The van der Waals surface area contributed by atoms with Crippen LogP contribution in [-0.4, -0.2) is 38.9 Å². The highest BCUT2D eigenvalue weighted by molar-refractivity contribution is 7.90. The summed E-state index contributed by atoms with van der Waals surface area (Å²) in [4.78, 5) is 0. The van der Waals surface area contributed by atoms with Gasteiger partial charge in [-0.1, -0.05) is 0 Å². The highest BCUT2D eigenvalue weighted by atomic mass is 35.5. The molecule has 0 rings (SSSR count). The first-order valence-electron chi connectivity index (χ1n) is 3.43. The highest BCUT2D eigenvalue weighted by Crippen LogP contribution is 1.86. The van der Waals surface area contributed by atoms with Crippen molar-refractivity contribution in [3.8, 4) is 0 Å². The van der Waals surface area contributed by atoms with Gasteiger partial charge in [-0.05, 0) is 6.92 Å². The molecule has 0 aromatic heterocycles. The van der Waals surface area contributed by atoms with Gasteiger partial charge in [-0.3, -0.25) is 0 Å². The Balaban J connectivity index is 3.43. The van der Waals surface area contributed by atoms with E-state index in [0.29, 0.717) is 12.4 Å². The topological polar surface area (TPSA) is 46.2 Å². The second-order valence-corrected chi connectivity index (χ2v) is 5.21. The summed E-state index contributed by atoms with van der Waals surface area (Å²) in [7, 11) is -2.83. The van der Waals surface area contributed by atoms with E-state index >= 15 is 0 Å². The predicted octanol–water partition coefficient (Wildman–Crippen LogP) is 0.248. The van der Waals surface area contributed by atoms with E-state index in [0.717, 1.165) is 0 Å². The molecular formula is C6H14ClNO2S. The van der Waals surface area contributed by atoms with Gasteiger partial charge in [0.05, 0.1) is 5.75 Å². The lowest BCUT2D eigenvalue weighted by atomic mass is 10.4. The van der Waals surface area contributed by atoms with Crippen LogP contribution in [0.25, 0.3) is 0 Å². The third-order valence-corrected chi connectivity index (χ3v) is 2.61. The highest BCUT2D eigenvalue weighted by Gasteiger charge is 2.02. The largest absolute Gasteiger partial charge is 0.312 e. The van der Waals surface area contributed by atoms with Crippen molar-refractivity contribution in [3.05, 3.63) is 0 Å². The lowest BCUT2D eigenvalue weighted by Crippen LogP contribution is -2.31. The molecule has 0 saturated carbocycles. The van der Waals surface area contributed by atoms with Crippen LogP contribution in [0.4, 0.5) is 0 Å². The molecule has 0 aliphatic heterocycles. The minimum Gasteiger partial charge on any atom is -0.312 e. The average molecular weight is 200 g/mol. The molecule has 0 amide bonds. The van der Waals surface area contributed by atoms with Crippen LogP contribution in [0.3, 0.4) is 0 Å². The van der Waals surface area contributed by atoms with E-state index in [-0.39, 0.29) is 11.8 Å². The number of alkyl halides is 1. The third-order valence-electron chi connectivity index (χ3n) is 1.20. The van der Waals surface area contributed by atoms with Gasteiger partial charge in [0.25, 0.3) is 0 Å². The molecule has 3 nitrogen and oxygen atoms in total. The van der Waals surface area contributed by atoms with Gasteiger partial charge in [-0.15, -0.1) is 11.6 Å². The molecular weight excluding hydrogens is 186 g/mol. The van der Waals surface area contributed by atoms with Gasteiger partial charge >= 0.3 is 0 Å². The molecule has 0 fully saturated rings. The van der Waals surface area contributed by atoms with E-state index in [1.807, 2.05) is 6.92 Å². The number of hydrogen-bond acceptors (Lipinski definition) is 3. The fraction of sp³-hybridized carbons (Fsp3) is 1.00. The summed E-state index contributed by atoms with van der Waals surface area (Å²) < 4.78 is 21.3.